The molecule has 0 radical (unpaired) electrons. The van der Waals surface area contributed by atoms with E-state index < -0.39 is 47.6 Å². The molecule has 0 aliphatic heterocycles. The van der Waals surface area contributed by atoms with Gasteiger partial charge in [0.2, 0.25) is 0 Å². The van der Waals surface area contributed by atoms with Gasteiger partial charge in [0.15, 0.2) is 0 Å². The molecule has 2 aliphatic carbocycles. The quantitative estimate of drug-likeness (QED) is 0.389. The van der Waals surface area contributed by atoms with E-state index in [1.165, 1.54) is 0 Å². The fourth-order valence-corrected chi connectivity index (χ4v) is 4.08. The molecule has 0 aromatic carbocycles. The fraction of sp³-hybridized carbons (Fsp3) is 0.900. The van der Waals surface area contributed by atoms with Crippen LogP contribution in [-0.2, 0) is 9.59 Å². The molecule has 0 heterocycles. The van der Waals surface area contributed by atoms with Crippen molar-refractivity contribution in [1.29, 1.82) is 0 Å². The molecule has 0 aromatic heterocycles. The van der Waals surface area contributed by atoms with E-state index >= 15 is 0 Å². The molecule has 0 atom stereocenters. The summed E-state index contributed by atoms with van der Waals surface area (Å²) in [4.78, 5) is 23.5. The van der Waals surface area contributed by atoms with Crippen molar-refractivity contribution in [2.45, 2.75) is 113 Å². The van der Waals surface area contributed by atoms with Gasteiger partial charge < -0.3 is 10.6 Å². The zero-order valence-electron chi connectivity index (χ0n) is 17.5. The molecule has 2 fully saturated rings. The largest absolute Gasteiger partial charge is 0.392 e. The van der Waals surface area contributed by atoms with E-state index in [9.17, 15) is 44.7 Å². The lowest BCUT2D eigenvalue weighted by molar-refractivity contribution is -0.347. The maximum absolute atomic E-state index is 14.1. The van der Waals surface area contributed by atoms with Gasteiger partial charge in [-0.05, 0) is 25.7 Å². The number of carbonyl (C=O) groups is 2. The molecule has 2 amide bonds. The molecule has 12 heteroatoms. The van der Waals surface area contributed by atoms with Gasteiger partial charge in [0.1, 0.15) is 0 Å². The van der Waals surface area contributed by atoms with E-state index in [4.69, 9.17) is 0 Å². The lowest BCUT2D eigenvalue weighted by atomic mass is 9.96. The summed E-state index contributed by atoms with van der Waals surface area (Å²) >= 11 is 0. The number of nitrogens with one attached hydrogen (secondary N) is 2. The Labute approximate surface area is 180 Å². The highest BCUT2D eigenvalue weighted by atomic mass is 19.4. The van der Waals surface area contributed by atoms with E-state index in [2.05, 4.69) is 0 Å². The molecule has 0 spiro atoms. The molecular formula is C20H28F8N2O2. The summed E-state index contributed by atoms with van der Waals surface area (Å²) in [7, 11) is 0. The molecule has 32 heavy (non-hydrogen) atoms. The fourth-order valence-electron chi connectivity index (χ4n) is 4.08. The number of hydrogen-bond acceptors (Lipinski definition) is 2. The Morgan fingerprint density at radius 3 is 1.00 bits per heavy atom. The maximum Gasteiger partial charge on any atom is 0.392 e. The van der Waals surface area contributed by atoms with Crippen molar-refractivity contribution in [2.75, 3.05) is 0 Å². The highest BCUT2D eigenvalue weighted by Crippen LogP contribution is 2.53. The summed E-state index contributed by atoms with van der Waals surface area (Å²) in [6, 6.07) is -1.92. The first-order valence-corrected chi connectivity index (χ1v) is 10.9. The van der Waals surface area contributed by atoms with Gasteiger partial charge in [-0.15, -0.1) is 0 Å². The molecule has 2 N–H and O–H groups in total. The third-order valence-corrected chi connectivity index (χ3v) is 6.13. The molecule has 0 bridgehead atoms. The summed E-state index contributed by atoms with van der Waals surface area (Å²) in [5.74, 6) is -31.5. The van der Waals surface area contributed by atoms with Crippen LogP contribution in [0.25, 0.3) is 0 Å². The third kappa shape index (κ3) is 5.30. The van der Waals surface area contributed by atoms with Gasteiger partial charge in [-0.2, -0.15) is 35.1 Å². The zero-order chi connectivity index (χ0) is 24.2. The lowest BCUT2D eigenvalue weighted by Crippen LogP contribution is -2.69. The highest BCUT2D eigenvalue weighted by molar-refractivity contribution is 5.87. The Kier molecular flexibility index (Phi) is 8.41. The van der Waals surface area contributed by atoms with Crippen molar-refractivity contribution in [3.05, 3.63) is 0 Å². The Hall–Kier alpha value is -1.62. The van der Waals surface area contributed by atoms with Gasteiger partial charge in [0.05, 0.1) is 0 Å². The monoisotopic (exact) mass is 480 g/mol. The van der Waals surface area contributed by atoms with Crippen LogP contribution in [0, 0.1) is 0 Å². The summed E-state index contributed by atoms with van der Waals surface area (Å²) in [5.41, 5.74) is 0. The average molecular weight is 480 g/mol. The van der Waals surface area contributed by atoms with Crippen molar-refractivity contribution in [3.8, 4) is 0 Å². The molecule has 0 unspecified atom stereocenters. The molecular weight excluding hydrogens is 452 g/mol. The normalized spacial score (nSPS) is 20.9. The molecule has 2 saturated carbocycles. The molecule has 4 nitrogen and oxygen atoms in total. The lowest BCUT2D eigenvalue weighted by Gasteiger charge is -2.36. The number of rotatable bonds is 7. The first kappa shape index (κ1) is 26.6. The van der Waals surface area contributed by atoms with Gasteiger partial charge >= 0.3 is 23.7 Å². The van der Waals surface area contributed by atoms with Gasteiger partial charge in [0, 0.05) is 12.1 Å². The Bertz CT molecular complexity index is 600. The maximum atomic E-state index is 14.1. The summed E-state index contributed by atoms with van der Waals surface area (Å²) < 4.78 is 113. The van der Waals surface area contributed by atoms with Crippen molar-refractivity contribution >= 4 is 11.8 Å². The van der Waals surface area contributed by atoms with Crippen molar-refractivity contribution < 1.29 is 44.7 Å². The second kappa shape index (κ2) is 10.1. The number of hydrogen-bond donors (Lipinski definition) is 2. The molecule has 2 rings (SSSR count). The molecule has 2 aliphatic rings. The minimum atomic E-state index is -6.82. The van der Waals surface area contributed by atoms with E-state index in [1.54, 1.807) is 10.6 Å². The van der Waals surface area contributed by atoms with Crippen LogP contribution >= 0.6 is 0 Å². The summed E-state index contributed by atoms with van der Waals surface area (Å²) in [6.45, 7) is 0. The van der Waals surface area contributed by atoms with Gasteiger partial charge in [-0.25, -0.2) is 0 Å². The summed E-state index contributed by atoms with van der Waals surface area (Å²) in [5, 5.41) is 3.17. The smallest absolute Gasteiger partial charge is 0.348 e. The third-order valence-electron chi connectivity index (χ3n) is 6.13. The van der Waals surface area contributed by atoms with Crippen molar-refractivity contribution in [1.82, 2.24) is 10.6 Å². The first-order valence-electron chi connectivity index (χ1n) is 10.9. The van der Waals surface area contributed by atoms with Crippen LogP contribution in [-0.4, -0.2) is 47.6 Å². The second-order valence-corrected chi connectivity index (χ2v) is 8.62. The predicted octanol–water partition coefficient (Wildman–Crippen LogP) is 5.21. The van der Waals surface area contributed by atoms with Crippen LogP contribution in [0.2, 0.25) is 0 Å². The van der Waals surface area contributed by atoms with Gasteiger partial charge in [0.25, 0.3) is 11.8 Å². The number of halogens is 8. The Morgan fingerprint density at radius 1 is 0.500 bits per heavy atom. The highest BCUT2D eigenvalue weighted by Gasteiger charge is 2.84. The van der Waals surface area contributed by atoms with Gasteiger partial charge in [-0.3, -0.25) is 9.59 Å². The standard InChI is InChI=1S/C20H28F8N2O2/c21-17(22,15(31)29-13-9-5-1-2-6-10-13)19(25,26)20(27,28)18(23,24)16(32)30-14-11-7-3-4-8-12-14/h13-14H,1-12H2,(H,29,31)(H,30,32). The Morgan fingerprint density at radius 2 is 0.750 bits per heavy atom. The minimum absolute atomic E-state index is 0.170. The van der Waals surface area contributed by atoms with Crippen LogP contribution in [0.5, 0.6) is 0 Å². The topological polar surface area (TPSA) is 58.2 Å². The van der Waals surface area contributed by atoms with Crippen LogP contribution in [0.1, 0.15) is 77.0 Å². The van der Waals surface area contributed by atoms with E-state index in [0.29, 0.717) is 25.7 Å². The number of amides is 2. The van der Waals surface area contributed by atoms with Crippen molar-refractivity contribution in [2.24, 2.45) is 0 Å². The summed E-state index contributed by atoms with van der Waals surface area (Å²) in [6.07, 6.45) is 5.58. The SMILES string of the molecule is O=C(NC1CCCCCC1)C(F)(F)C(F)(F)C(F)(F)C(F)(F)C(=O)NC1CCCCCC1. The van der Waals surface area contributed by atoms with E-state index in [-0.39, 0.29) is 25.7 Å². The zero-order valence-corrected chi connectivity index (χ0v) is 17.5. The van der Waals surface area contributed by atoms with Crippen LogP contribution in [0.3, 0.4) is 0 Å². The minimum Gasteiger partial charge on any atom is -0.348 e. The molecule has 0 aromatic rings. The molecule has 186 valence electrons. The Balaban J connectivity index is 2.17. The average Bonchev–Trinajstić information content (AvgIpc) is 3.12. The van der Waals surface area contributed by atoms with Crippen molar-refractivity contribution in [3.63, 3.8) is 0 Å². The van der Waals surface area contributed by atoms with Gasteiger partial charge in [-0.1, -0.05) is 51.4 Å². The number of alkyl halides is 8. The number of carbonyl (C=O) groups excluding carboxylic acids is 2. The van der Waals surface area contributed by atoms with E-state index in [0.717, 1.165) is 25.7 Å². The predicted molar refractivity (Wildman–Crippen MR) is 99.1 cm³/mol. The molecule has 0 saturated heterocycles. The van der Waals surface area contributed by atoms with Crippen LogP contribution < -0.4 is 10.6 Å². The van der Waals surface area contributed by atoms with Crippen LogP contribution in [0.15, 0.2) is 0 Å². The van der Waals surface area contributed by atoms with E-state index in [1.807, 2.05) is 0 Å². The van der Waals surface area contributed by atoms with Crippen LogP contribution in [0.4, 0.5) is 35.1 Å². The first-order chi connectivity index (χ1) is 14.7. The second-order valence-electron chi connectivity index (χ2n) is 8.62.